The van der Waals surface area contributed by atoms with Crippen LogP contribution in [0.4, 0.5) is 0 Å². The van der Waals surface area contributed by atoms with Crippen molar-refractivity contribution in [3.05, 3.63) is 15.6 Å². The van der Waals surface area contributed by atoms with Gasteiger partial charge >= 0.3 is 5.97 Å². The number of hydrogen-bond donors (Lipinski definition) is 2. The van der Waals surface area contributed by atoms with Gasteiger partial charge in [-0.05, 0) is 12.8 Å². The van der Waals surface area contributed by atoms with Crippen molar-refractivity contribution >= 4 is 17.3 Å². The zero-order valence-corrected chi connectivity index (χ0v) is 8.51. The fraction of sp³-hybridized carbons (Fsp3) is 0.556. The molecule has 14 heavy (non-hydrogen) atoms. The lowest BCUT2D eigenvalue weighted by atomic mass is 9.86. The van der Waals surface area contributed by atoms with Crippen molar-refractivity contribution in [2.75, 3.05) is 0 Å². The van der Waals surface area contributed by atoms with Crippen LogP contribution in [-0.2, 0) is 6.54 Å². The largest absolute Gasteiger partial charge is 0.476 e. The van der Waals surface area contributed by atoms with Gasteiger partial charge in [-0.3, -0.25) is 0 Å². The maximum atomic E-state index is 10.8. The van der Waals surface area contributed by atoms with Gasteiger partial charge in [-0.15, -0.1) is 11.3 Å². The summed E-state index contributed by atoms with van der Waals surface area (Å²) >= 11 is 1.45. The molecule has 0 spiro atoms. The van der Waals surface area contributed by atoms with Crippen LogP contribution in [0.3, 0.4) is 0 Å². The van der Waals surface area contributed by atoms with E-state index in [1.807, 2.05) is 0 Å². The standard InChI is InChI=1S/C9H12N2O2S/c10-4-6-7(9(12)13)11-8(14-6)5-2-1-3-5/h5H,1-4,10H2,(H,12,13). The van der Waals surface area contributed by atoms with E-state index >= 15 is 0 Å². The lowest BCUT2D eigenvalue weighted by Gasteiger charge is -2.22. The highest BCUT2D eigenvalue weighted by molar-refractivity contribution is 7.12. The third-order valence-corrected chi connectivity index (χ3v) is 3.80. The molecule has 0 atom stereocenters. The first-order valence-electron chi connectivity index (χ1n) is 4.65. The normalized spacial score (nSPS) is 16.6. The minimum absolute atomic E-state index is 0.152. The molecule has 76 valence electrons. The molecule has 3 N–H and O–H groups in total. The predicted molar refractivity (Wildman–Crippen MR) is 53.6 cm³/mol. The third kappa shape index (κ3) is 1.53. The molecule has 1 aliphatic rings. The number of carbonyl (C=O) groups is 1. The van der Waals surface area contributed by atoms with Gasteiger partial charge in [0, 0.05) is 12.5 Å². The molecule has 0 amide bonds. The Morgan fingerprint density at radius 2 is 2.36 bits per heavy atom. The van der Waals surface area contributed by atoms with E-state index in [9.17, 15) is 4.79 Å². The van der Waals surface area contributed by atoms with Crippen LogP contribution in [0, 0.1) is 0 Å². The third-order valence-electron chi connectivity index (χ3n) is 2.56. The SMILES string of the molecule is NCc1sc(C2CCC2)nc1C(=O)O. The molecule has 1 heterocycles. The van der Waals surface area contributed by atoms with Crippen molar-refractivity contribution in [2.45, 2.75) is 31.7 Å². The molecule has 1 fully saturated rings. The zero-order valence-electron chi connectivity index (χ0n) is 7.69. The van der Waals surface area contributed by atoms with E-state index in [-0.39, 0.29) is 12.2 Å². The molecule has 1 saturated carbocycles. The molecule has 4 nitrogen and oxygen atoms in total. The average Bonchev–Trinajstić information content (AvgIpc) is 2.45. The van der Waals surface area contributed by atoms with Crippen LogP contribution in [0.2, 0.25) is 0 Å². The van der Waals surface area contributed by atoms with E-state index in [2.05, 4.69) is 4.98 Å². The van der Waals surface area contributed by atoms with Crippen molar-refractivity contribution < 1.29 is 9.90 Å². The van der Waals surface area contributed by atoms with Crippen molar-refractivity contribution in [1.82, 2.24) is 4.98 Å². The Morgan fingerprint density at radius 1 is 1.64 bits per heavy atom. The first kappa shape index (κ1) is 9.61. The summed E-state index contributed by atoms with van der Waals surface area (Å²) in [5, 5.41) is 9.82. The first-order valence-corrected chi connectivity index (χ1v) is 5.47. The molecule has 0 aromatic carbocycles. The molecule has 0 unspecified atom stereocenters. The number of thiazole rings is 1. The van der Waals surface area contributed by atoms with Crippen molar-refractivity contribution in [3.63, 3.8) is 0 Å². The van der Waals surface area contributed by atoms with Gasteiger partial charge in [-0.25, -0.2) is 9.78 Å². The lowest BCUT2D eigenvalue weighted by molar-refractivity contribution is 0.0690. The molecular formula is C9H12N2O2S. The molecule has 0 saturated heterocycles. The molecule has 0 radical (unpaired) electrons. The van der Waals surface area contributed by atoms with Crippen LogP contribution in [0.25, 0.3) is 0 Å². The molecular weight excluding hydrogens is 200 g/mol. The van der Waals surface area contributed by atoms with E-state index in [1.54, 1.807) is 0 Å². The summed E-state index contributed by atoms with van der Waals surface area (Å²) in [7, 11) is 0. The number of nitrogens with two attached hydrogens (primary N) is 1. The van der Waals surface area contributed by atoms with Gasteiger partial charge in [-0.1, -0.05) is 6.42 Å². The highest BCUT2D eigenvalue weighted by Crippen LogP contribution is 2.39. The number of nitrogens with zero attached hydrogens (tertiary/aromatic N) is 1. The summed E-state index contributed by atoms with van der Waals surface area (Å²) in [6, 6.07) is 0. The second kappa shape index (κ2) is 3.67. The summed E-state index contributed by atoms with van der Waals surface area (Å²) in [4.78, 5) is 15.6. The van der Waals surface area contributed by atoms with E-state index in [0.717, 1.165) is 17.8 Å². The molecule has 0 aliphatic heterocycles. The summed E-state index contributed by atoms with van der Waals surface area (Å²) < 4.78 is 0. The summed E-state index contributed by atoms with van der Waals surface area (Å²) in [6.07, 6.45) is 3.50. The van der Waals surface area contributed by atoms with Gasteiger partial charge in [0.25, 0.3) is 0 Å². The Bertz CT molecular complexity index is 358. The second-order valence-electron chi connectivity index (χ2n) is 3.46. The maximum Gasteiger partial charge on any atom is 0.355 e. The Labute approximate surface area is 85.8 Å². The van der Waals surface area contributed by atoms with Crippen LogP contribution >= 0.6 is 11.3 Å². The van der Waals surface area contributed by atoms with E-state index in [4.69, 9.17) is 10.8 Å². The quantitative estimate of drug-likeness (QED) is 0.797. The fourth-order valence-corrected chi connectivity index (χ4v) is 2.61. The number of rotatable bonds is 3. The minimum atomic E-state index is -0.965. The molecule has 1 aromatic heterocycles. The Morgan fingerprint density at radius 3 is 2.71 bits per heavy atom. The predicted octanol–water partition coefficient (Wildman–Crippen LogP) is 1.57. The number of aromatic carboxylic acids is 1. The second-order valence-corrected chi connectivity index (χ2v) is 4.58. The summed E-state index contributed by atoms with van der Waals surface area (Å²) in [6.45, 7) is 0.270. The Kier molecular flexibility index (Phi) is 2.52. The first-order chi connectivity index (χ1) is 6.72. The van der Waals surface area contributed by atoms with E-state index in [0.29, 0.717) is 10.8 Å². The van der Waals surface area contributed by atoms with Gasteiger partial charge in [0.2, 0.25) is 0 Å². The number of carboxylic acids is 1. The van der Waals surface area contributed by atoms with Gasteiger partial charge in [0.05, 0.1) is 9.88 Å². The van der Waals surface area contributed by atoms with Crippen LogP contribution in [0.1, 0.15) is 45.6 Å². The molecule has 5 heteroatoms. The van der Waals surface area contributed by atoms with Gasteiger partial charge < -0.3 is 10.8 Å². The topological polar surface area (TPSA) is 76.2 Å². The Hall–Kier alpha value is -0.940. The Balaban J connectivity index is 2.30. The van der Waals surface area contributed by atoms with Crippen molar-refractivity contribution in [2.24, 2.45) is 5.73 Å². The van der Waals surface area contributed by atoms with Crippen LogP contribution < -0.4 is 5.73 Å². The number of carboxylic acid groups (broad SMARTS) is 1. The highest BCUT2D eigenvalue weighted by atomic mass is 32.1. The molecule has 2 rings (SSSR count). The molecule has 1 aromatic rings. The average molecular weight is 212 g/mol. The van der Waals surface area contributed by atoms with Crippen LogP contribution in [-0.4, -0.2) is 16.1 Å². The number of aromatic nitrogens is 1. The van der Waals surface area contributed by atoms with Gasteiger partial charge in [-0.2, -0.15) is 0 Å². The maximum absolute atomic E-state index is 10.8. The highest BCUT2D eigenvalue weighted by Gasteiger charge is 2.25. The van der Waals surface area contributed by atoms with Gasteiger partial charge in [0.1, 0.15) is 0 Å². The molecule has 0 bridgehead atoms. The smallest absolute Gasteiger partial charge is 0.355 e. The van der Waals surface area contributed by atoms with Crippen molar-refractivity contribution in [3.8, 4) is 0 Å². The monoisotopic (exact) mass is 212 g/mol. The van der Waals surface area contributed by atoms with Gasteiger partial charge in [0.15, 0.2) is 5.69 Å². The minimum Gasteiger partial charge on any atom is -0.476 e. The molecule has 1 aliphatic carbocycles. The van der Waals surface area contributed by atoms with Crippen LogP contribution in [0.15, 0.2) is 0 Å². The summed E-state index contributed by atoms with van der Waals surface area (Å²) in [5.41, 5.74) is 5.62. The van der Waals surface area contributed by atoms with Crippen molar-refractivity contribution in [1.29, 1.82) is 0 Å². The lowest BCUT2D eigenvalue weighted by Crippen LogP contribution is -2.09. The van der Waals surface area contributed by atoms with E-state index in [1.165, 1.54) is 17.8 Å². The summed E-state index contributed by atoms with van der Waals surface area (Å²) in [5.74, 6) is -0.481. The van der Waals surface area contributed by atoms with Crippen LogP contribution in [0.5, 0.6) is 0 Å². The zero-order chi connectivity index (χ0) is 10.1. The van der Waals surface area contributed by atoms with E-state index < -0.39 is 5.97 Å². The fourth-order valence-electron chi connectivity index (χ4n) is 1.51. The number of hydrogen-bond acceptors (Lipinski definition) is 4.